The van der Waals surface area contributed by atoms with Crippen LogP contribution < -0.4 is 10.6 Å². The molecule has 1 aromatic rings. The highest BCUT2D eigenvalue weighted by molar-refractivity contribution is 5.84. The number of hydrogen-bond donors (Lipinski definition) is 2. The van der Waals surface area contributed by atoms with E-state index in [1.807, 2.05) is 0 Å². The normalized spacial score (nSPS) is 16.4. The van der Waals surface area contributed by atoms with Gasteiger partial charge in [-0.25, -0.2) is 0 Å². The Morgan fingerprint density at radius 1 is 1.35 bits per heavy atom. The quantitative estimate of drug-likeness (QED) is 0.828. The molecular formula is C12H14F2N2O. The fourth-order valence-electron chi connectivity index (χ4n) is 1.62. The minimum atomic E-state index is -3.46. The SMILES string of the molecule is O=C(NCC1CNC1)C(F)(F)c1ccccc1. The van der Waals surface area contributed by atoms with Gasteiger partial charge >= 0.3 is 5.92 Å². The third-order valence-corrected chi connectivity index (χ3v) is 2.84. The first-order valence-electron chi connectivity index (χ1n) is 5.53. The van der Waals surface area contributed by atoms with Crippen molar-refractivity contribution in [2.45, 2.75) is 5.92 Å². The molecule has 1 aliphatic rings. The lowest BCUT2D eigenvalue weighted by molar-refractivity contribution is -0.147. The van der Waals surface area contributed by atoms with E-state index in [-0.39, 0.29) is 11.5 Å². The molecule has 3 nitrogen and oxygen atoms in total. The van der Waals surface area contributed by atoms with Crippen molar-refractivity contribution in [1.82, 2.24) is 10.6 Å². The fraction of sp³-hybridized carbons (Fsp3) is 0.417. The van der Waals surface area contributed by atoms with E-state index in [9.17, 15) is 13.6 Å². The van der Waals surface area contributed by atoms with Crippen LogP contribution in [-0.2, 0) is 10.7 Å². The van der Waals surface area contributed by atoms with E-state index in [2.05, 4.69) is 10.6 Å². The minimum Gasteiger partial charge on any atom is -0.350 e. The Kier molecular flexibility index (Phi) is 3.38. The summed E-state index contributed by atoms with van der Waals surface area (Å²) in [5, 5.41) is 5.31. The van der Waals surface area contributed by atoms with E-state index in [4.69, 9.17) is 0 Å². The van der Waals surface area contributed by atoms with Gasteiger partial charge in [-0.15, -0.1) is 0 Å². The van der Waals surface area contributed by atoms with Crippen LogP contribution in [0.3, 0.4) is 0 Å². The molecule has 1 saturated heterocycles. The van der Waals surface area contributed by atoms with Gasteiger partial charge in [0.2, 0.25) is 0 Å². The highest BCUT2D eigenvalue weighted by atomic mass is 19.3. The van der Waals surface area contributed by atoms with Gasteiger partial charge in [0.05, 0.1) is 0 Å². The molecule has 92 valence electrons. The second-order valence-corrected chi connectivity index (χ2v) is 4.17. The number of nitrogens with one attached hydrogen (secondary N) is 2. The van der Waals surface area contributed by atoms with Gasteiger partial charge in [-0.2, -0.15) is 8.78 Å². The average Bonchev–Trinajstić information content (AvgIpc) is 2.28. The summed E-state index contributed by atoms with van der Waals surface area (Å²) >= 11 is 0. The smallest absolute Gasteiger partial charge is 0.349 e. The van der Waals surface area contributed by atoms with Crippen LogP contribution in [0.5, 0.6) is 0 Å². The lowest BCUT2D eigenvalue weighted by Gasteiger charge is -2.28. The first-order valence-corrected chi connectivity index (χ1v) is 5.53. The molecule has 2 rings (SSSR count). The topological polar surface area (TPSA) is 41.1 Å². The highest BCUT2D eigenvalue weighted by Gasteiger charge is 2.40. The number of carbonyl (C=O) groups excluding carboxylic acids is 1. The molecule has 1 amide bonds. The number of rotatable bonds is 4. The fourth-order valence-corrected chi connectivity index (χ4v) is 1.62. The maximum absolute atomic E-state index is 13.7. The number of hydrogen-bond acceptors (Lipinski definition) is 2. The predicted molar refractivity (Wildman–Crippen MR) is 59.7 cm³/mol. The van der Waals surface area contributed by atoms with Gasteiger partial charge in [-0.3, -0.25) is 4.79 Å². The molecule has 0 aromatic heterocycles. The molecule has 0 bridgehead atoms. The van der Waals surface area contributed by atoms with E-state index >= 15 is 0 Å². The Bertz CT molecular complexity index is 391. The van der Waals surface area contributed by atoms with Crippen molar-refractivity contribution in [2.75, 3.05) is 19.6 Å². The largest absolute Gasteiger partial charge is 0.350 e. The van der Waals surface area contributed by atoms with Crippen molar-refractivity contribution < 1.29 is 13.6 Å². The van der Waals surface area contributed by atoms with Gasteiger partial charge in [-0.1, -0.05) is 30.3 Å². The van der Waals surface area contributed by atoms with Crippen molar-refractivity contribution in [2.24, 2.45) is 5.92 Å². The summed E-state index contributed by atoms with van der Waals surface area (Å²) in [4.78, 5) is 11.4. The molecule has 0 radical (unpaired) electrons. The molecule has 0 aliphatic carbocycles. The van der Waals surface area contributed by atoms with Crippen LogP contribution in [0.4, 0.5) is 8.78 Å². The Labute approximate surface area is 98.2 Å². The van der Waals surface area contributed by atoms with E-state index < -0.39 is 11.8 Å². The van der Waals surface area contributed by atoms with Crippen molar-refractivity contribution in [1.29, 1.82) is 0 Å². The highest BCUT2D eigenvalue weighted by Crippen LogP contribution is 2.27. The standard InChI is InChI=1S/C12H14F2N2O/c13-12(14,10-4-2-1-3-5-10)11(17)16-8-9-6-15-7-9/h1-5,9,15H,6-8H2,(H,16,17). The average molecular weight is 240 g/mol. The van der Waals surface area contributed by atoms with Gasteiger partial charge in [0.15, 0.2) is 0 Å². The van der Waals surface area contributed by atoms with Gasteiger partial charge in [0.1, 0.15) is 0 Å². The maximum Gasteiger partial charge on any atom is 0.349 e. The number of carbonyl (C=O) groups is 1. The second-order valence-electron chi connectivity index (χ2n) is 4.17. The third-order valence-electron chi connectivity index (χ3n) is 2.84. The first kappa shape index (κ1) is 12.0. The molecular weight excluding hydrogens is 226 g/mol. The summed E-state index contributed by atoms with van der Waals surface area (Å²) in [6.45, 7) is 1.85. The Hall–Kier alpha value is -1.49. The summed E-state index contributed by atoms with van der Waals surface area (Å²) in [5.74, 6) is -4.42. The Morgan fingerprint density at radius 3 is 2.53 bits per heavy atom. The molecule has 2 N–H and O–H groups in total. The maximum atomic E-state index is 13.7. The number of halogens is 2. The van der Waals surface area contributed by atoms with Crippen LogP contribution >= 0.6 is 0 Å². The van der Waals surface area contributed by atoms with Gasteiger partial charge < -0.3 is 10.6 Å². The number of alkyl halides is 2. The molecule has 1 aromatic carbocycles. The molecule has 0 unspecified atom stereocenters. The molecule has 0 atom stereocenters. The number of amides is 1. The summed E-state index contributed by atoms with van der Waals surface area (Å²) in [6.07, 6.45) is 0. The summed E-state index contributed by atoms with van der Waals surface area (Å²) < 4.78 is 27.4. The van der Waals surface area contributed by atoms with Gasteiger partial charge in [0.25, 0.3) is 5.91 Å². The van der Waals surface area contributed by atoms with Crippen LogP contribution in [0, 0.1) is 5.92 Å². The van der Waals surface area contributed by atoms with Crippen molar-refractivity contribution in [3.63, 3.8) is 0 Å². The Balaban J connectivity index is 1.96. The monoisotopic (exact) mass is 240 g/mol. The predicted octanol–water partition coefficient (Wildman–Crippen LogP) is 1.11. The summed E-state index contributed by atoms with van der Waals surface area (Å²) in [5.41, 5.74) is -0.274. The molecule has 1 fully saturated rings. The van der Waals surface area contributed by atoms with Crippen molar-refractivity contribution in [3.8, 4) is 0 Å². The van der Waals surface area contributed by atoms with Crippen LogP contribution in [0.15, 0.2) is 30.3 Å². The van der Waals surface area contributed by atoms with Crippen LogP contribution in [0.25, 0.3) is 0 Å². The molecule has 17 heavy (non-hydrogen) atoms. The van der Waals surface area contributed by atoms with Crippen LogP contribution in [-0.4, -0.2) is 25.5 Å². The van der Waals surface area contributed by atoms with Gasteiger partial charge in [0, 0.05) is 31.1 Å². The van der Waals surface area contributed by atoms with E-state index in [0.717, 1.165) is 13.1 Å². The van der Waals surface area contributed by atoms with Crippen molar-refractivity contribution in [3.05, 3.63) is 35.9 Å². The first-order chi connectivity index (χ1) is 8.10. The zero-order valence-electron chi connectivity index (χ0n) is 9.25. The zero-order valence-corrected chi connectivity index (χ0v) is 9.25. The molecule has 0 saturated carbocycles. The minimum absolute atomic E-state index is 0.269. The zero-order chi connectivity index (χ0) is 12.3. The van der Waals surface area contributed by atoms with E-state index in [0.29, 0.717) is 6.54 Å². The van der Waals surface area contributed by atoms with E-state index in [1.54, 1.807) is 6.07 Å². The summed E-state index contributed by atoms with van der Waals surface area (Å²) in [6, 6.07) is 7.13. The molecule has 1 aliphatic heterocycles. The molecule has 0 spiro atoms. The Morgan fingerprint density at radius 2 is 2.00 bits per heavy atom. The van der Waals surface area contributed by atoms with Crippen LogP contribution in [0.1, 0.15) is 5.56 Å². The lowest BCUT2D eigenvalue weighted by atomic mass is 10.0. The van der Waals surface area contributed by atoms with E-state index in [1.165, 1.54) is 24.3 Å². The van der Waals surface area contributed by atoms with Crippen molar-refractivity contribution >= 4 is 5.91 Å². The summed E-state index contributed by atoms with van der Waals surface area (Å²) in [7, 11) is 0. The molecule has 5 heteroatoms. The lowest BCUT2D eigenvalue weighted by Crippen LogP contribution is -2.50. The number of benzene rings is 1. The van der Waals surface area contributed by atoms with Gasteiger partial charge in [-0.05, 0) is 0 Å². The molecule has 1 heterocycles. The second kappa shape index (κ2) is 4.79. The van der Waals surface area contributed by atoms with Crippen LogP contribution in [0.2, 0.25) is 0 Å². The third kappa shape index (κ3) is 2.61.